The number of rotatable bonds is 29. The van der Waals surface area contributed by atoms with Gasteiger partial charge >= 0.3 is 0 Å². The average molecular weight is 2010 g/mol. The van der Waals surface area contributed by atoms with Gasteiger partial charge in [0.2, 0.25) is 0 Å². The van der Waals surface area contributed by atoms with E-state index < -0.39 is 0 Å². The molecule has 0 bridgehead atoms. The van der Waals surface area contributed by atoms with E-state index in [0.717, 1.165) is 134 Å². The number of piperidine rings is 7. The number of hydrogen-bond acceptors (Lipinski definition) is 11. The van der Waals surface area contributed by atoms with E-state index in [0.29, 0.717) is 76.8 Å². The van der Waals surface area contributed by atoms with E-state index in [1.54, 1.807) is 18.1 Å². The van der Waals surface area contributed by atoms with Crippen molar-refractivity contribution in [3.05, 3.63) is 238 Å². The summed E-state index contributed by atoms with van der Waals surface area (Å²) in [4.78, 5) is 31.7. The van der Waals surface area contributed by atoms with E-state index >= 15 is 0 Å². The first-order valence-electron chi connectivity index (χ1n) is 56.9. The van der Waals surface area contributed by atoms with Gasteiger partial charge in [0.05, 0.1) is 13.2 Å². The Morgan fingerprint density at radius 2 is 0.681 bits per heavy atom. The Kier molecular flexibility index (Phi) is 47.7. The van der Waals surface area contributed by atoms with Crippen LogP contribution in [-0.2, 0) is 9.53 Å². The summed E-state index contributed by atoms with van der Waals surface area (Å²) in [6, 6.07) is 56.2. The van der Waals surface area contributed by atoms with Crippen molar-refractivity contribution >= 4 is 57.9 Å². The van der Waals surface area contributed by atoms with Gasteiger partial charge in [-0.3, -0.25) is 0 Å². The minimum Gasteiger partial charge on any atom is -0.395 e. The zero-order valence-electron chi connectivity index (χ0n) is 91.0. The van der Waals surface area contributed by atoms with Gasteiger partial charge in [-0.25, -0.2) is 0 Å². The number of likely N-dealkylation sites (tertiary alicyclic amines) is 6. The van der Waals surface area contributed by atoms with Crippen molar-refractivity contribution < 1.29 is 14.6 Å². The molecular weight excluding hydrogens is 1820 g/mol. The van der Waals surface area contributed by atoms with Crippen molar-refractivity contribution in [1.82, 2.24) is 34.3 Å². The molecule has 141 heavy (non-hydrogen) atoms. The topological polar surface area (TPSA) is 72.5 Å². The summed E-state index contributed by atoms with van der Waals surface area (Å²) in [5.74, 6) is 10.9. The molecule has 1 unspecified atom stereocenters. The maximum atomic E-state index is 11.2. The number of carbonyl (C=O) groups excluding carboxylic acids is 1. The van der Waals surface area contributed by atoms with Gasteiger partial charge in [0, 0.05) is 96.7 Å². The number of nitrogens with zero attached hydrogens (tertiary/aromatic N) is 8. The van der Waals surface area contributed by atoms with Gasteiger partial charge in [-0.15, -0.1) is 0 Å². The van der Waals surface area contributed by atoms with Crippen LogP contribution in [0.1, 0.15) is 421 Å². The third kappa shape index (κ3) is 36.9. The molecule has 3 aliphatic carbocycles. The first-order chi connectivity index (χ1) is 67.9. The highest BCUT2D eigenvalue weighted by molar-refractivity contribution is 6.32. The molecule has 18 rings (SSSR count). The largest absolute Gasteiger partial charge is 0.395 e. The molecule has 8 heterocycles. The Labute approximate surface area is 879 Å². The van der Waals surface area contributed by atoms with E-state index in [1.165, 1.54) is 293 Å². The van der Waals surface area contributed by atoms with Crippen molar-refractivity contribution in [1.29, 1.82) is 0 Å². The Morgan fingerprint density at radius 1 is 0.355 bits per heavy atom. The second-order valence-electron chi connectivity index (χ2n) is 46.8. The Morgan fingerprint density at radius 3 is 1.00 bits per heavy atom. The number of carbonyl (C=O) groups is 1. The fourth-order valence-corrected chi connectivity index (χ4v) is 24.9. The third-order valence-corrected chi connectivity index (χ3v) is 35.1. The van der Waals surface area contributed by atoms with E-state index in [1.807, 2.05) is 0 Å². The van der Waals surface area contributed by atoms with Gasteiger partial charge < -0.3 is 53.8 Å². The highest BCUT2D eigenvalue weighted by atomic mass is 35.5. The molecule has 11 nitrogen and oxygen atoms in total. The van der Waals surface area contributed by atoms with Gasteiger partial charge in [0.15, 0.2) is 0 Å². The number of hydrogen-bond donors (Lipinski definition) is 1. The summed E-state index contributed by atoms with van der Waals surface area (Å²) < 4.78 is 5.49. The number of ether oxygens (including phenoxy) is 1. The molecule has 7 aromatic rings. The maximum absolute atomic E-state index is 11.2. The first-order valence-corrected chi connectivity index (χ1v) is 58.4. The van der Waals surface area contributed by atoms with E-state index in [9.17, 15) is 4.79 Å². The molecule has 3 saturated carbocycles. The zero-order valence-corrected chi connectivity index (χ0v) is 94.1. The fraction of sp³-hybridized carbons (Fsp3) is 0.659. The van der Waals surface area contributed by atoms with Crippen LogP contribution in [0.5, 0.6) is 0 Å². The molecule has 15 heteroatoms. The van der Waals surface area contributed by atoms with Crippen LogP contribution >= 0.6 is 46.4 Å². The number of β-amino-alcohol motifs (C(OH)–C–C–N with tert-alkyl or cyclic N) is 1. The molecule has 1 N–H and O–H groups in total. The highest BCUT2D eigenvalue weighted by Gasteiger charge is 2.35. The molecular formula is C126H190Cl4N8O3. The molecule has 8 saturated heterocycles. The smallest absolute Gasteiger partial charge is 0.130 e. The lowest BCUT2D eigenvalue weighted by molar-refractivity contribution is -0.118. The lowest BCUT2D eigenvalue weighted by atomic mass is 9.88. The predicted octanol–water partition coefficient (Wildman–Crippen LogP) is 31.4. The molecule has 1 atom stereocenters. The summed E-state index contributed by atoms with van der Waals surface area (Å²) >= 11 is 26.0. The van der Waals surface area contributed by atoms with Crippen molar-refractivity contribution in [3.8, 4) is 0 Å². The molecule has 0 radical (unpaired) electrons. The van der Waals surface area contributed by atoms with Gasteiger partial charge in [-0.1, -0.05) is 272 Å². The van der Waals surface area contributed by atoms with Gasteiger partial charge in [0.25, 0.3) is 0 Å². The van der Waals surface area contributed by atoms with Crippen molar-refractivity contribution in [3.63, 3.8) is 0 Å². The lowest BCUT2D eigenvalue weighted by Gasteiger charge is -2.33. The van der Waals surface area contributed by atoms with Crippen LogP contribution < -0.4 is 4.90 Å². The fourth-order valence-electron chi connectivity index (χ4n) is 23.5. The van der Waals surface area contributed by atoms with Crippen LogP contribution in [-0.4, -0.2) is 215 Å². The summed E-state index contributed by atoms with van der Waals surface area (Å²) in [6.45, 7) is 61.4. The number of Topliss-reactive ketones (excluding diaryl/α,β-unsaturated/α-hetero) is 1. The van der Waals surface area contributed by atoms with Crippen LogP contribution in [0.25, 0.3) is 0 Å². The molecule has 11 aliphatic rings. The Hall–Kier alpha value is -5.19. The van der Waals surface area contributed by atoms with Gasteiger partial charge in [-0.05, 0) is 444 Å². The third-order valence-electron chi connectivity index (χ3n) is 33.7. The first kappa shape index (κ1) is 115. The van der Waals surface area contributed by atoms with Crippen molar-refractivity contribution in [2.24, 2.45) is 17.8 Å². The average Bonchev–Trinajstić information content (AvgIpc) is 1.68. The van der Waals surface area contributed by atoms with E-state index in [2.05, 4.69) is 296 Å². The minimum atomic E-state index is 0.258. The predicted molar refractivity (Wildman–Crippen MR) is 607 cm³/mol. The zero-order chi connectivity index (χ0) is 101. The Bertz CT molecular complexity index is 4540. The van der Waals surface area contributed by atoms with Crippen LogP contribution in [0.3, 0.4) is 0 Å². The second-order valence-corrected chi connectivity index (χ2v) is 48.5. The molecule has 0 aromatic heterocycles. The van der Waals surface area contributed by atoms with E-state index in [-0.39, 0.29) is 6.61 Å². The summed E-state index contributed by atoms with van der Waals surface area (Å²) in [5.41, 5.74) is 19.5. The number of likely N-dealkylation sites (N-methyl/N-ethyl adjacent to an activating group) is 1. The number of anilines is 1. The molecule has 11 fully saturated rings. The quantitative estimate of drug-likeness (QED) is 0.0487. The summed E-state index contributed by atoms with van der Waals surface area (Å²) in [7, 11) is 2.28. The number of ketones is 1. The van der Waals surface area contributed by atoms with Crippen molar-refractivity contribution in [2.75, 3.05) is 163 Å². The number of halogens is 4. The van der Waals surface area contributed by atoms with Crippen LogP contribution in [0, 0.1) is 17.8 Å². The number of aliphatic hydroxyl groups is 1. The molecule has 780 valence electrons. The van der Waals surface area contributed by atoms with Crippen LogP contribution in [0.2, 0.25) is 20.1 Å². The summed E-state index contributed by atoms with van der Waals surface area (Å²) in [5, 5.41) is 12.8. The molecule has 7 aromatic carbocycles. The standard InChI is InChI=1S/C20H31ClN2.C20H31N.C19H29NO.C17H24ClN.C17H26ClN.C17H25NO.C16H24ClNO/c1-15(2)17-4-7-19(20(21)14-17)16-8-10-23(11-9-16)13-12-22(3)18-5-6-18;1-16(2)18-7-9-19(10-8-18)20-11-13-21(14-12-20)15-17-5-3-4-6-17;1-15(2)17-3-5-18(6-4-17)19-7-10-20(11-8-19)13-16-9-12-21-14-16;1-12(2)14-3-6-16(17(18)11-14)13-7-9-19(10-8-13)15-4-5-15;1-4-9-19-10-7-14(8-11-19)16-6-5-15(13(2)3)12-17(16)18;1-13(2)16-4-6-17(7-5-16)18-10-8-15(9-11-18)12-14(3)19;1-12(2)14-3-4-15(16(17)11-14)13-5-7-18(8-6-13)9-10-19/h4,7,14-16,18H,5-6,8-13H2,1-3H3;7-10,16-17,20H,3-6,11-15H2,1-2H3;3-6,15-16,19H,7-14H2,1-2H3;3,6,11-13,15H,4-5,7-10H2,1-2H3;5-6,12-14H,4,7-11H2,1-3H3;4-7,13,15H,8-12H2,1-3H3;3-4,11-13,19H,5-10H2,1-2H3. The summed E-state index contributed by atoms with van der Waals surface area (Å²) in [6.07, 6.45) is 32.3. The van der Waals surface area contributed by atoms with Gasteiger partial charge in [-0.2, -0.15) is 0 Å². The molecule has 0 spiro atoms. The lowest BCUT2D eigenvalue weighted by Crippen LogP contribution is -2.38. The normalized spacial score (nSPS) is 20.5. The maximum Gasteiger partial charge on any atom is 0.130 e. The molecule has 0 amide bonds. The van der Waals surface area contributed by atoms with E-state index in [4.69, 9.17) is 56.2 Å². The number of aliphatic hydroxyl groups excluding tert-OH is 1. The second kappa shape index (κ2) is 58.7. The monoisotopic (exact) mass is 2000 g/mol. The minimum absolute atomic E-state index is 0.258. The molecule has 8 aliphatic heterocycles. The highest BCUT2D eigenvalue weighted by Crippen LogP contribution is 2.43. The Balaban J connectivity index is 0.000000147. The van der Waals surface area contributed by atoms with Gasteiger partial charge in [0.1, 0.15) is 5.78 Å². The van der Waals surface area contributed by atoms with Crippen LogP contribution in [0.4, 0.5) is 5.69 Å². The van der Waals surface area contributed by atoms with Crippen LogP contribution in [0.15, 0.2) is 146 Å². The SMILES string of the molecule is CC(=O)CC1CCN(c2ccc(C(C)C)cc2)CC1.CC(C)c1ccc(C2CCN(C3CC3)CC2)c(Cl)c1.CC(C)c1ccc(C2CCN(CC3CCCC3)CC2)cc1.CC(C)c1ccc(C2CCN(CC3CCOC3)CC2)cc1.CC(C)c1ccc(C2CCN(CCN(C)C3CC3)CC2)c(Cl)c1.CC(C)c1ccc(C2CCN(CCO)CC2)c(Cl)c1.CCCN1CCC(c2ccc(C(C)C)cc2Cl)CC1. The van der Waals surface area contributed by atoms with Crippen molar-refractivity contribution in [2.45, 2.75) is 360 Å². The number of benzene rings is 7.